The summed E-state index contributed by atoms with van der Waals surface area (Å²) >= 11 is 1.99. The summed E-state index contributed by atoms with van der Waals surface area (Å²) in [5, 5.41) is 3.65. The van der Waals surface area contributed by atoms with E-state index >= 15 is 0 Å². The number of amides is 1. The Kier molecular flexibility index (Phi) is 3.83. The maximum atomic E-state index is 12.8. The first-order chi connectivity index (χ1) is 9.50. The van der Waals surface area contributed by atoms with Gasteiger partial charge in [-0.3, -0.25) is 10.1 Å². The zero-order valence-corrected chi connectivity index (χ0v) is 13.9. The van der Waals surface area contributed by atoms with Crippen molar-refractivity contribution < 1.29 is 4.79 Å². The number of hydrogen-bond acceptors (Lipinski definition) is 3. The van der Waals surface area contributed by atoms with E-state index in [0.717, 1.165) is 25.8 Å². The third-order valence-electron chi connectivity index (χ3n) is 5.34. The molecule has 2 saturated carbocycles. The maximum Gasteiger partial charge on any atom is 0.244 e. The van der Waals surface area contributed by atoms with Gasteiger partial charge in [0.05, 0.1) is 11.7 Å². The molecular weight excluding hydrogens is 268 g/mol. The van der Waals surface area contributed by atoms with Crippen LogP contribution in [-0.2, 0) is 4.79 Å². The molecule has 1 heterocycles. The molecule has 0 aromatic rings. The lowest BCUT2D eigenvalue weighted by atomic mass is 10.0. The van der Waals surface area contributed by atoms with Gasteiger partial charge in [0.2, 0.25) is 5.91 Å². The number of thioether (sulfide) groups is 1. The fourth-order valence-corrected chi connectivity index (χ4v) is 4.89. The highest BCUT2D eigenvalue weighted by Crippen LogP contribution is 2.46. The average Bonchev–Trinajstić information content (AvgIpc) is 2.96. The standard InChI is InChI=1S/C16H28N2OS/c1-12(2)10-13-17-16(8-9-16)14(19)18(13)11-15(20-3)6-4-5-7-15/h12-13,17H,4-11H2,1-3H3. The molecule has 2 aliphatic carbocycles. The summed E-state index contributed by atoms with van der Waals surface area (Å²) in [5.41, 5.74) is -0.155. The topological polar surface area (TPSA) is 32.3 Å². The molecule has 114 valence electrons. The molecule has 1 amide bonds. The highest BCUT2D eigenvalue weighted by Gasteiger charge is 2.59. The quantitative estimate of drug-likeness (QED) is 0.846. The molecule has 3 fully saturated rings. The molecule has 3 nitrogen and oxygen atoms in total. The van der Waals surface area contributed by atoms with Gasteiger partial charge in [-0.25, -0.2) is 0 Å². The first-order valence-electron chi connectivity index (χ1n) is 8.14. The Bertz CT molecular complexity index is 386. The van der Waals surface area contributed by atoms with Gasteiger partial charge in [-0.15, -0.1) is 0 Å². The zero-order valence-electron chi connectivity index (χ0n) is 13.1. The van der Waals surface area contributed by atoms with E-state index in [-0.39, 0.29) is 11.7 Å². The van der Waals surface area contributed by atoms with Crippen LogP contribution in [0, 0.1) is 5.92 Å². The van der Waals surface area contributed by atoms with Crippen LogP contribution in [0.1, 0.15) is 58.8 Å². The van der Waals surface area contributed by atoms with E-state index in [9.17, 15) is 4.79 Å². The minimum atomic E-state index is -0.155. The van der Waals surface area contributed by atoms with Gasteiger partial charge in [0.25, 0.3) is 0 Å². The monoisotopic (exact) mass is 296 g/mol. The van der Waals surface area contributed by atoms with Crippen LogP contribution in [0.2, 0.25) is 0 Å². The van der Waals surface area contributed by atoms with Gasteiger partial charge in [0.1, 0.15) is 0 Å². The Balaban J connectivity index is 1.75. The zero-order chi connectivity index (χ0) is 14.4. The van der Waals surface area contributed by atoms with Crippen molar-refractivity contribution in [1.82, 2.24) is 10.2 Å². The molecule has 1 atom stereocenters. The second-order valence-corrected chi connectivity index (χ2v) is 8.67. The minimum Gasteiger partial charge on any atom is -0.324 e. The minimum absolute atomic E-state index is 0.155. The van der Waals surface area contributed by atoms with Crippen LogP contribution in [0.3, 0.4) is 0 Å². The number of carbonyl (C=O) groups excluding carboxylic acids is 1. The molecule has 0 radical (unpaired) electrons. The van der Waals surface area contributed by atoms with Crippen LogP contribution in [0.4, 0.5) is 0 Å². The Labute approximate surface area is 127 Å². The first kappa shape index (κ1) is 14.7. The number of rotatable bonds is 5. The Morgan fingerprint density at radius 1 is 1.30 bits per heavy atom. The summed E-state index contributed by atoms with van der Waals surface area (Å²) in [7, 11) is 0. The summed E-state index contributed by atoms with van der Waals surface area (Å²) in [6, 6.07) is 0. The number of carbonyl (C=O) groups is 1. The molecule has 1 unspecified atom stereocenters. The third kappa shape index (κ3) is 2.50. The van der Waals surface area contributed by atoms with Crippen molar-refractivity contribution in [2.45, 2.75) is 75.2 Å². The second kappa shape index (κ2) is 5.20. The van der Waals surface area contributed by atoms with Crippen molar-refractivity contribution in [3.05, 3.63) is 0 Å². The van der Waals surface area contributed by atoms with E-state index in [1.54, 1.807) is 0 Å². The van der Waals surface area contributed by atoms with Crippen LogP contribution in [0.25, 0.3) is 0 Å². The number of nitrogens with zero attached hydrogens (tertiary/aromatic N) is 1. The Hall–Kier alpha value is -0.220. The molecule has 20 heavy (non-hydrogen) atoms. The fourth-order valence-electron chi connectivity index (χ4n) is 3.93. The van der Waals surface area contributed by atoms with Crippen LogP contribution in [-0.4, -0.2) is 40.1 Å². The SMILES string of the molecule is CSC1(CN2C(=O)C3(CC3)NC2CC(C)C)CCCC1. The summed E-state index contributed by atoms with van der Waals surface area (Å²) in [6.45, 7) is 5.46. The first-order valence-corrected chi connectivity index (χ1v) is 9.37. The van der Waals surface area contributed by atoms with Gasteiger partial charge in [-0.2, -0.15) is 11.8 Å². The average molecular weight is 296 g/mol. The summed E-state index contributed by atoms with van der Waals surface area (Å²) in [5.74, 6) is 1.02. The van der Waals surface area contributed by atoms with Crippen molar-refractivity contribution in [3.63, 3.8) is 0 Å². The summed E-state index contributed by atoms with van der Waals surface area (Å²) in [4.78, 5) is 15.0. The van der Waals surface area contributed by atoms with Crippen molar-refractivity contribution in [1.29, 1.82) is 0 Å². The van der Waals surface area contributed by atoms with E-state index in [4.69, 9.17) is 0 Å². The molecule has 0 aromatic heterocycles. The lowest BCUT2D eigenvalue weighted by Crippen LogP contribution is -2.46. The van der Waals surface area contributed by atoms with Crippen molar-refractivity contribution >= 4 is 17.7 Å². The Morgan fingerprint density at radius 2 is 1.95 bits per heavy atom. The molecule has 0 bridgehead atoms. The molecule has 1 N–H and O–H groups in total. The smallest absolute Gasteiger partial charge is 0.244 e. The van der Waals surface area contributed by atoms with Gasteiger partial charge in [0, 0.05) is 11.3 Å². The van der Waals surface area contributed by atoms with Crippen molar-refractivity contribution in [2.75, 3.05) is 12.8 Å². The molecule has 3 aliphatic rings. The predicted octanol–water partition coefficient (Wildman–Crippen LogP) is 3.00. The van der Waals surface area contributed by atoms with Crippen LogP contribution >= 0.6 is 11.8 Å². The molecule has 4 heteroatoms. The fraction of sp³-hybridized carbons (Fsp3) is 0.938. The van der Waals surface area contributed by atoms with Gasteiger partial charge in [0.15, 0.2) is 0 Å². The van der Waals surface area contributed by atoms with Crippen LogP contribution in [0.15, 0.2) is 0 Å². The Morgan fingerprint density at radius 3 is 2.45 bits per heavy atom. The van der Waals surface area contributed by atoms with Gasteiger partial charge >= 0.3 is 0 Å². The second-order valence-electron chi connectivity index (χ2n) is 7.40. The molecule has 1 saturated heterocycles. The lowest BCUT2D eigenvalue weighted by Gasteiger charge is -2.35. The maximum absolute atomic E-state index is 12.8. The van der Waals surface area contributed by atoms with Crippen molar-refractivity contribution in [2.24, 2.45) is 5.92 Å². The molecule has 1 aliphatic heterocycles. The summed E-state index contributed by atoms with van der Waals surface area (Å²) in [6.07, 6.45) is 10.9. The molecule has 3 rings (SSSR count). The van der Waals surface area contributed by atoms with E-state index in [0.29, 0.717) is 16.6 Å². The van der Waals surface area contributed by atoms with Gasteiger partial charge in [-0.1, -0.05) is 26.7 Å². The van der Waals surface area contributed by atoms with Gasteiger partial charge < -0.3 is 4.90 Å². The number of hydrogen-bond donors (Lipinski definition) is 1. The normalized spacial score (nSPS) is 30.7. The number of nitrogens with one attached hydrogen (secondary N) is 1. The lowest BCUT2D eigenvalue weighted by molar-refractivity contribution is -0.131. The largest absolute Gasteiger partial charge is 0.324 e. The van der Waals surface area contributed by atoms with E-state index < -0.39 is 0 Å². The predicted molar refractivity (Wildman–Crippen MR) is 84.8 cm³/mol. The molecule has 1 spiro atoms. The summed E-state index contributed by atoms with van der Waals surface area (Å²) < 4.78 is 0.326. The van der Waals surface area contributed by atoms with Crippen LogP contribution in [0.5, 0.6) is 0 Å². The third-order valence-corrected chi connectivity index (χ3v) is 6.74. The van der Waals surface area contributed by atoms with E-state index in [2.05, 4.69) is 30.3 Å². The highest BCUT2D eigenvalue weighted by atomic mass is 32.2. The van der Waals surface area contributed by atoms with Crippen molar-refractivity contribution in [3.8, 4) is 0 Å². The highest BCUT2D eigenvalue weighted by molar-refractivity contribution is 8.00. The molecule has 0 aromatic carbocycles. The van der Waals surface area contributed by atoms with Gasteiger partial charge in [-0.05, 0) is 44.3 Å². The van der Waals surface area contributed by atoms with E-state index in [1.807, 2.05) is 11.8 Å². The van der Waals surface area contributed by atoms with Crippen LogP contribution < -0.4 is 5.32 Å². The molecular formula is C16H28N2OS. The van der Waals surface area contributed by atoms with E-state index in [1.165, 1.54) is 25.7 Å².